The van der Waals surface area contributed by atoms with Gasteiger partial charge in [-0.15, -0.1) is 0 Å². The Morgan fingerprint density at radius 1 is 0.756 bits per heavy atom. The Bertz CT molecular complexity index is 1360. The number of rotatable bonds is 10. The molecule has 6 fully saturated rings. The Labute approximate surface area is 258 Å². The van der Waals surface area contributed by atoms with E-state index in [1.807, 2.05) is 0 Å². The molecule has 4 bridgehead atoms. The van der Waals surface area contributed by atoms with Crippen LogP contribution < -0.4 is 11.5 Å². The van der Waals surface area contributed by atoms with Crippen LogP contribution in [0, 0.1) is 10.8 Å². The van der Waals surface area contributed by atoms with Gasteiger partial charge in [-0.25, -0.2) is 18.0 Å². The lowest BCUT2D eigenvalue weighted by molar-refractivity contribution is -0.157. The van der Waals surface area contributed by atoms with Crippen molar-refractivity contribution in [2.24, 2.45) is 22.3 Å². The molecule has 6 unspecified atom stereocenters. The lowest BCUT2D eigenvalue weighted by atomic mass is 9.85. The highest BCUT2D eigenvalue weighted by atomic mass is 32.3. The summed E-state index contributed by atoms with van der Waals surface area (Å²) in [4.78, 5) is 82.1. The first-order chi connectivity index (χ1) is 21.1. The van der Waals surface area contributed by atoms with Gasteiger partial charge in [0.25, 0.3) is 0 Å². The number of urea groups is 2. The van der Waals surface area contributed by atoms with Gasteiger partial charge in [0.05, 0.1) is 25.3 Å². The molecule has 6 rings (SSSR count). The largest absolute Gasteiger partial charge is 0.465 e. The predicted molar refractivity (Wildman–Crippen MR) is 146 cm³/mol. The number of hydrogen-bond acceptors (Lipinski definition) is 12. The van der Waals surface area contributed by atoms with Crippen molar-refractivity contribution in [3.05, 3.63) is 0 Å². The van der Waals surface area contributed by atoms with Gasteiger partial charge in [0.15, 0.2) is 12.5 Å². The minimum absolute atomic E-state index is 0.00854. The Morgan fingerprint density at radius 2 is 1.13 bits per heavy atom. The molecule has 6 amide bonds. The van der Waals surface area contributed by atoms with E-state index in [0.717, 1.165) is 9.80 Å². The zero-order valence-electron chi connectivity index (χ0n) is 24.8. The number of esters is 2. The van der Waals surface area contributed by atoms with Crippen molar-refractivity contribution >= 4 is 46.2 Å². The summed E-state index contributed by atoms with van der Waals surface area (Å²) in [6, 6.07) is -4.61. The summed E-state index contributed by atoms with van der Waals surface area (Å²) in [5.74, 6) is -3.07. The lowest BCUT2D eigenvalue weighted by Gasteiger charge is -2.40. The van der Waals surface area contributed by atoms with Crippen molar-refractivity contribution in [1.82, 2.24) is 19.6 Å². The van der Waals surface area contributed by atoms with E-state index in [4.69, 9.17) is 29.3 Å². The van der Waals surface area contributed by atoms with Crippen molar-refractivity contribution < 1.29 is 55.0 Å². The van der Waals surface area contributed by atoms with Crippen molar-refractivity contribution in [3.8, 4) is 0 Å². The normalized spacial score (nSPS) is 36.0. The van der Waals surface area contributed by atoms with Gasteiger partial charge < -0.3 is 30.7 Å². The van der Waals surface area contributed by atoms with Crippen LogP contribution >= 0.6 is 0 Å². The second-order valence-corrected chi connectivity index (χ2v) is 14.1. The van der Waals surface area contributed by atoms with E-state index in [2.05, 4.69) is 0 Å². The van der Waals surface area contributed by atoms with Gasteiger partial charge in [-0.3, -0.25) is 29.0 Å². The number of carbonyl (C=O) groups is 6. The zero-order valence-corrected chi connectivity index (χ0v) is 25.6. The van der Waals surface area contributed by atoms with E-state index in [9.17, 15) is 37.2 Å². The van der Waals surface area contributed by atoms with Crippen molar-refractivity contribution in [2.45, 2.75) is 89.0 Å². The molecule has 6 heterocycles. The number of piperidine rings is 2. The van der Waals surface area contributed by atoms with Crippen LogP contribution in [0.15, 0.2) is 0 Å². The highest BCUT2D eigenvalue weighted by molar-refractivity contribution is 7.81. The van der Waals surface area contributed by atoms with E-state index in [1.165, 1.54) is 23.6 Å². The van der Waals surface area contributed by atoms with Gasteiger partial charge in [0.1, 0.15) is 22.9 Å². The molecular weight excluding hydrogens is 620 g/mol. The van der Waals surface area contributed by atoms with E-state index in [0.29, 0.717) is 0 Å². The van der Waals surface area contributed by atoms with Crippen LogP contribution in [0.4, 0.5) is 9.59 Å². The van der Waals surface area contributed by atoms with E-state index >= 15 is 0 Å². The predicted octanol–water partition coefficient (Wildman–Crippen LogP) is -1.67. The Kier molecular flexibility index (Phi) is 7.43. The van der Waals surface area contributed by atoms with Crippen LogP contribution in [-0.4, -0.2) is 127 Å². The number of cyclic esters (lactones) is 2. The topological polar surface area (TPSA) is 238 Å². The summed E-state index contributed by atoms with van der Waals surface area (Å²) >= 11 is 0. The van der Waals surface area contributed by atoms with Gasteiger partial charge in [0.2, 0.25) is 11.8 Å². The highest BCUT2D eigenvalue weighted by Crippen LogP contribution is 2.45. The fraction of sp³-hybridized carbons (Fsp3) is 0.769. The molecule has 6 aliphatic rings. The van der Waals surface area contributed by atoms with Gasteiger partial charge in [-0.1, -0.05) is 0 Å². The number of fused-ring (bicyclic) bond motifs is 4. The fourth-order valence-corrected chi connectivity index (χ4v) is 8.53. The maximum atomic E-state index is 13.9. The van der Waals surface area contributed by atoms with E-state index < -0.39 is 93.7 Å². The molecule has 0 aliphatic carbocycles. The number of amides is 6. The molecule has 248 valence electrons. The van der Waals surface area contributed by atoms with E-state index in [1.54, 1.807) is 0 Å². The summed E-state index contributed by atoms with van der Waals surface area (Å²) in [5.41, 5.74) is 7.68. The van der Waals surface area contributed by atoms with Crippen LogP contribution in [0.3, 0.4) is 0 Å². The van der Waals surface area contributed by atoms with Crippen molar-refractivity contribution in [3.63, 3.8) is 0 Å². The molecule has 6 aliphatic heterocycles. The molecule has 0 aromatic heterocycles. The third-order valence-corrected chi connectivity index (χ3v) is 11.0. The molecule has 6 saturated heterocycles. The van der Waals surface area contributed by atoms with Crippen LogP contribution in [-0.2, 0) is 47.4 Å². The molecular formula is C26H36N6O12S. The van der Waals surface area contributed by atoms with Crippen molar-refractivity contribution in [1.29, 1.82) is 0 Å². The number of nitrogens with zero attached hydrogens (tertiary/aromatic N) is 4. The molecule has 19 heteroatoms. The second-order valence-electron chi connectivity index (χ2n) is 12.9. The molecule has 0 aromatic carbocycles. The molecule has 4 N–H and O–H groups in total. The number of hydrogen-bond donors (Lipinski definition) is 2. The van der Waals surface area contributed by atoms with Crippen LogP contribution in [0.2, 0.25) is 0 Å². The van der Waals surface area contributed by atoms with Crippen LogP contribution in [0.25, 0.3) is 0 Å². The monoisotopic (exact) mass is 656 g/mol. The quantitative estimate of drug-likeness (QED) is 0.251. The summed E-state index contributed by atoms with van der Waals surface area (Å²) in [6.07, 6.45) is -2.56. The minimum atomic E-state index is -5.24. The lowest BCUT2D eigenvalue weighted by Crippen LogP contribution is -2.57. The first-order valence-corrected chi connectivity index (χ1v) is 16.1. The zero-order chi connectivity index (χ0) is 32.6. The minimum Gasteiger partial charge on any atom is -0.465 e. The Balaban J connectivity index is 1.35. The van der Waals surface area contributed by atoms with E-state index in [-0.39, 0.29) is 64.8 Å². The van der Waals surface area contributed by atoms with Crippen LogP contribution in [0.1, 0.15) is 52.4 Å². The fourth-order valence-electron chi connectivity index (χ4n) is 7.42. The van der Waals surface area contributed by atoms with Gasteiger partial charge in [-0.2, -0.15) is 8.42 Å². The first-order valence-electron chi connectivity index (χ1n) is 14.8. The smallest absolute Gasteiger partial charge is 0.403 e. The molecule has 0 aromatic rings. The Hall–Kier alpha value is -3.71. The number of primary amides is 2. The molecule has 8 atom stereocenters. The molecule has 0 radical (unpaired) electrons. The Morgan fingerprint density at radius 3 is 1.44 bits per heavy atom. The number of carbonyl (C=O) groups excluding carboxylic acids is 6. The molecule has 0 saturated carbocycles. The first kappa shape index (κ1) is 31.3. The van der Waals surface area contributed by atoms with Gasteiger partial charge >= 0.3 is 34.4 Å². The van der Waals surface area contributed by atoms with Crippen molar-refractivity contribution in [2.75, 3.05) is 26.3 Å². The molecule has 18 nitrogen and oxygen atoms in total. The summed E-state index contributed by atoms with van der Waals surface area (Å²) < 4.78 is 49.4. The standard InChI is InChI=1S/C26H36N6O12S/c1-25(7-9-41-21(25)35)19(31-13-3-5-15(17(27)33)29(11-13)23(31)37)43-45(39,40)44-20(26(2)8-10-42-22(26)36)32-14-4-6-16(18(28)34)30(12-14)24(32)38/h13-16,19-20H,3-12H2,1-2H3,(H2,27,33)(H2,28,34)/t13?,14?,15?,16?,19?,20?,25-,26-/m0/s1. The molecule has 45 heavy (non-hydrogen) atoms. The maximum Gasteiger partial charge on any atom is 0.403 e. The summed E-state index contributed by atoms with van der Waals surface area (Å²) in [5, 5.41) is 0. The average molecular weight is 657 g/mol. The number of nitrogens with two attached hydrogens (primary N) is 2. The highest BCUT2D eigenvalue weighted by Gasteiger charge is 2.62. The van der Waals surface area contributed by atoms with Gasteiger partial charge in [0, 0.05) is 25.9 Å². The number of ether oxygens (including phenoxy) is 2. The maximum absolute atomic E-state index is 13.9. The summed E-state index contributed by atoms with van der Waals surface area (Å²) in [6.45, 7) is 2.76. The second kappa shape index (κ2) is 10.7. The summed E-state index contributed by atoms with van der Waals surface area (Å²) in [7, 11) is -5.24. The average Bonchev–Trinajstić information content (AvgIpc) is 3.65. The third-order valence-electron chi connectivity index (χ3n) is 10.1. The third kappa shape index (κ3) is 4.86. The van der Waals surface area contributed by atoms with Gasteiger partial charge in [-0.05, 0) is 39.5 Å². The SMILES string of the molecule is C[C@@]1(C(OS(=O)(=O)OC(N2C(=O)N3CC2CCC3C(N)=O)[C@]2(C)CCOC2=O)N2C(=O)N3CC2CCC3C(N)=O)CCOC1=O. The van der Waals surface area contributed by atoms with Crippen LogP contribution in [0.5, 0.6) is 0 Å². The molecule has 0 spiro atoms.